The predicted octanol–water partition coefficient (Wildman–Crippen LogP) is 0.925. The van der Waals surface area contributed by atoms with Crippen LogP contribution in [0.25, 0.3) is 5.82 Å². The molecular formula is C13H14N4O3. The molecule has 20 heavy (non-hydrogen) atoms. The quantitative estimate of drug-likeness (QED) is 0.847. The summed E-state index contributed by atoms with van der Waals surface area (Å²) in [5, 5.41) is 14.6. The van der Waals surface area contributed by atoms with Gasteiger partial charge in [-0.3, -0.25) is 0 Å². The molecule has 2 aromatic rings. The summed E-state index contributed by atoms with van der Waals surface area (Å²) in [6, 6.07) is 5.37. The molecule has 0 spiro atoms. The van der Waals surface area contributed by atoms with Gasteiger partial charge >= 0.3 is 6.09 Å². The molecule has 3 rings (SSSR count). The second-order valence-corrected chi connectivity index (χ2v) is 4.65. The molecule has 1 atom stereocenters. The molecule has 0 radical (unpaired) electrons. The van der Waals surface area contributed by atoms with Crippen LogP contribution in [0.3, 0.4) is 0 Å². The second-order valence-electron chi connectivity index (χ2n) is 4.65. The Morgan fingerprint density at radius 2 is 2.35 bits per heavy atom. The summed E-state index contributed by atoms with van der Waals surface area (Å²) in [7, 11) is 0. The Hall–Kier alpha value is -2.57. The number of ether oxygens (including phenoxy) is 1. The molecule has 0 bridgehead atoms. The Bertz CT molecular complexity index is 639. The fraction of sp³-hybridized carbons (Fsp3) is 0.308. The number of nitrogens with two attached hydrogens (primary N) is 1. The zero-order valence-electron chi connectivity index (χ0n) is 10.7. The zero-order chi connectivity index (χ0) is 14.1. The average molecular weight is 274 g/mol. The Kier molecular flexibility index (Phi) is 3.02. The molecule has 0 aromatic carbocycles. The van der Waals surface area contributed by atoms with Crippen molar-refractivity contribution >= 4 is 6.09 Å². The maximum Gasteiger partial charge on any atom is 0.404 e. The van der Waals surface area contributed by atoms with Crippen molar-refractivity contribution < 1.29 is 14.6 Å². The number of primary amides is 1. The van der Waals surface area contributed by atoms with E-state index in [1.54, 1.807) is 18.3 Å². The van der Waals surface area contributed by atoms with Gasteiger partial charge in [0, 0.05) is 18.2 Å². The molecule has 0 aliphatic heterocycles. The minimum Gasteiger partial charge on any atom is -0.493 e. The van der Waals surface area contributed by atoms with E-state index in [0.717, 1.165) is 5.69 Å². The van der Waals surface area contributed by atoms with Gasteiger partial charge in [0.1, 0.15) is 6.10 Å². The zero-order valence-corrected chi connectivity index (χ0v) is 10.7. The Labute approximate surface area is 115 Å². The van der Waals surface area contributed by atoms with E-state index < -0.39 is 6.09 Å². The van der Waals surface area contributed by atoms with Gasteiger partial charge in [0.15, 0.2) is 5.82 Å². The van der Waals surface area contributed by atoms with Gasteiger partial charge in [-0.15, -0.1) is 0 Å². The molecule has 0 fully saturated rings. The maximum absolute atomic E-state index is 10.8. The van der Waals surface area contributed by atoms with Crippen molar-refractivity contribution in [2.45, 2.75) is 25.4 Å². The summed E-state index contributed by atoms with van der Waals surface area (Å²) in [5.74, 6) is 0.586. The molecule has 3 N–H and O–H groups in total. The number of pyridine rings is 1. The highest BCUT2D eigenvalue weighted by atomic mass is 16.6. The number of rotatable bonds is 2. The van der Waals surface area contributed by atoms with E-state index >= 15 is 0 Å². The molecule has 0 saturated heterocycles. The van der Waals surface area contributed by atoms with Crippen LogP contribution in [0.15, 0.2) is 24.4 Å². The van der Waals surface area contributed by atoms with Crippen LogP contribution in [0.2, 0.25) is 0 Å². The Morgan fingerprint density at radius 1 is 1.50 bits per heavy atom. The lowest BCUT2D eigenvalue weighted by Crippen LogP contribution is -2.27. The lowest BCUT2D eigenvalue weighted by molar-refractivity contribution is 0.0973. The van der Waals surface area contributed by atoms with Gasteiger partial charge in [0.2, 0.25) is 5.88 Å². The van der Waals surface area contributed by atoms with Crippen molar-refractivity contribution in [2.75, 3.05) is 0 Å². The number of nitrogens with zero attached hydrogens (tertiary/aromatic N) is 3. The topological polar surface area (TPSA) is 103 Å². The van der Waals surface area contributed by atoms with Gasteiger partial charge in [0.05, 0.1) is 5.69 Å². The predicted molar refractivity (Wildman–Crippen MR) is 69.5 cm³/mol. The van der Waals surface area contributed by atoms with Gasteiger partial charge in [-0.2, -0.15) is 9.78 Å². The van der Waals surface area contributed by atoms with Crippen LogP contribution < -0.4 is 5.73 Å². The maximum atomic E-state index is 10.8. The summed E-state index contributed by atoms with van der Waals surface area (Å²) >= 11 is 0. The minimum atomic E-state index is -0.796. The first-order chi connectivity index (χ1) is 9.65. The molecule has 1 unspecified atom stereocenters. The van der Waals surface area contributed by atoms with Gasteiger partial charge in [-0.05, 0) is 25.0 Å². The summed E-state index contributed by atoms with van der Waals surface area (Å²) in [4.78, 5) is 15.0. The van der Waals surface area contributed by atoms with Crippen LogP contribution in [0.1, 0.15) is 17.7 Å². The van der Waals surface area contributed by atoms with Crippen molar-refractivity contribution in [3.63, 3.8) is 0 Å². The largest absolute Gasteiger partial charge is 0.493 e. The van der Waals surface area contributed by atoms with E-state index in [4.69, 9.17) is 10.5 Å². The number of carbonyl (C=O) groups is 1. The number of carbonyl (C=O) groups excluding carboxylic acids is 1. The number of hydrogen-bond acceptors (Lipinski definition) is 5. The molecule has 2 aromatic heterocycles. The summed E-state index contributed by atoms with van der Waals surface area (Å²) in [6.07, 6.45) is 2.21. The standard InChI is InChI=1S/C13H14N4O3/c14-13(19)20-8-4-5-10-9(7-8)12(18)17(16-10)11-3-1-2-6-15-11/h1-3,6,8,18H,4-5,7H2,(H2,14,19). The Morgan fingerprint density at radius 3 is 3.05 bits per heavy atom. The molecule has 1 aliphatic carbocycles. The molecule has 104 valence electrons. The van der Waals surface area contributed by atoms with E-state index in [0.29, 0.717) is 30.6 Å². The third kappa shape index (κ3) is 2.18. The third-order valence-corrected chi connectivity index (χ3v) is 3.32. The van der Waals surface area contributed by atoms with Crippen LogP contribution >= 0.6 is 0 Å². The van der Waals surface area contributed by atoms with Crippen LogP contribution in [-0.4, -0.2) is 32.1 Å². The number of amides is 1. The van der Waals surface area contributed by atoms with Gasteiger partial charge < -0.3 is 15.6 Å². The highest BCUT2D eigenvalue weighted by Crippen LogP contribution is 2.31. The normalized spacial score (nSPS) is 17.5. The number of fused-ring (bicyclic) bond motifs is 1. The fourth-order valence-corrected chi connectivity index (χ4v) is 2.43. The lowest BCUT2D eigenvalue weighted by Gasteiger charge is -2.20. The number of aryl methyl sites for hydroxylation is 1. The summed E-state index contributed by atoms with van der Waals surface area (Å²) in [6.45, 7) is 0. The van der Waals surface area contributed by atoms with Crippen molar-refractivity contribution in [1.82, 2.24) is 14.8 Å². The summed E-state index contributed by atoms with van der Waals surface area (Å²) < 4.78 is 6.39. The summed E-state index contributed by atoms with van der Waals surface area (Å²) in [5.41, 5.74) is 6.51. The molecular weight excluding hydrogens is 260 g/mol. The molecule has 7 heteroatoms. The molecule has 1 aliphatic rings. The van der Waals surface area contributed by atoms with E-state index in [2.05, 4.69) is 10.1 Å². The van der Waals surface area contributed by atoms with Crippen LogP contribution in [0.4, 0.5) is 4.79 Å². The highest BCUT2D eigenvalue weighted by Gasteiger charge is 2.28. The van der Waals surface area contributed by atoms with Gasteiger partial charge in [-0.25, -0.2) is 9.78 Å². The van der Waals surface area contributed by atoms with Crippen molar-refractivity contribution in [2.24, 2.45) is 5.73 Å². The van der Waals surface area contributed by atoms with Crippen LogP contribution in [-0.2, 0) is 17.6 Å². The van der Waals surface area contributed by atoms with E-state index in [9.17, 15) is 9.90 Å². The van der Waals surface area contributed by atoms with Crippen molar-refractivity contribution in [3.8, 4) is 11.7 Å². The fourth-order valence-electron chi connectivity index (χ4n) is 2.43. The Balaban J connectivity index is 1.92. The number of aromatic nitrogens is 3. The monoisotopic (exact) mass is 274 g/mol. The van der Waals surface area contributed by atoms with E-state index in [1.807, 2.05) is 6.07 Å². The lowest BCUT2D eigenvalue weighted by atomic mass is 9.95. The first-order valence-corrected chi connectivity index (χ1v) is 6.32. The first kappa shape index (κ1) is 12.5. The van der Waals surface area contributed by atoms with E-state index in [1.165, 1.54) is 4.68 Å². The average Bonchev–Trinajstić information content (AvgIpc) is 2.76. The second kappa shape index (κ2) is 4.84. The van der Waals surface area contributed by atoms with Crippen molar-refractivity contribution in [3.05, 3.63) is 35.7 Å². The van der Waals surface area contributed by atoms with Crippen LogP contribution in [0, 0.1) is 0 Å². The number of aromatic hydroxyl groups is 1. The van der Waals surface area contributed by atoms with Gasteiger partial charge in [-0.1, -0.05) is 6.07 Å². The minimum absolute atomic E-state index is 0.0384. The molecule has 1 amide bonds. The smallest absolute Gasteiger partial charge is 0.404 e. The SMILES string of the molecule is NC(=O)OC1CCc2nn(-c3ccccn3)c(O)c2C1. The third-order valence-electron chi connectivity index (χ3n) is 3.32. The van der Waals surface area contributed by atoms with E-state index in [-0.39, 0.29) is 12.0 Å². The molecule has 0 saturated carbocycles. The molecule has 2 heterocycles. The first-order valence-electron chi connectivity index (χ1n) is 6.32. The highest BCUT2D eigenvalue weighted by molar-refractivity contribution is 5.65. The molecule has 7 nitrogen and oxygen atoms in total. The number of hydrogen-bond donors (Lipinski definition) is 2. The van der Waals surface area contributed by atoms with Gasteiger partial charge in [0.25, 0.3) is 0 Å². The van der Waals surface area contributed by atoms with Crippen molar-refractivity contribution in [1.29, 1.82) is 0 Å². The van der Waals surface area contributed by atoms with Crippen LogP contribution in [0.5, 0.6) is 5.88 Å².